The molecular formula is C12H8N2S. The third kappa shape index (κ3) is 1.41. The molecule has 3 rings (SSSR count). The summed E-state index contributed by atoms with van der Waals surface area (Å²) in [6.45, 7) is 0. The summed E-state index contributed by atoms with van der Waals surface area (Å²) in [4.78, 5) is 8.67. The quantitative estimate of drug-likeness (QED) is 0.618. The fraction of sp³-hybridized carbons (Fsp3) is 0. The van der Waals surface area contributed by atoms with Gasteiger partial charge in [0.15, 0.2) is 0 Å². The lowest BCUT2D eigenvalue weighted by Gasteiger charge is -2.01. The number of fused-ring (bicyclic) bond motifs is 1. The van der Waals surface area contributed by atoms with Gasteiger partial charge >= 0.3 is 0 Å². The Morgan fingerprint density at radius 1 is 1.00 bits per heavy atom. The second-order valence-corrected chi connectivity index (χ2v) is 4.02. The van der Waals surface area contributed by atoms with E-state index in [1.807, 2.05) is 12.1 Å². The first-order valence-corrected chi connectivity index (χ1v) is 5.62. The predicted molar refractivity (Wildman–Crippen MR) is 62.9 cm³/mol. The summed E-state index contributed by atoms with van der Waals surface area (Å²) in [5.74, 6) is 0. The van der Waals surface area contributed by atoms with Crippen LogP contribution in [-0.2, 0) is 0 Å². The summed E-state index contributed by atoms with van der Waals surface area (Å²) in [5.41, 5.74) is 4.28. The van der Waals surface area contributed by atoms with E-state index >= 15 is 0 Å². The van der Waals surface area contributed by atoms with Crippen LogP contribution in [0.25, 0.3) is 22.2 Å². The molecule has 0 saturated carbocycles. The smallest absolute Gasteiger partial charge is 0.0965 e. The molecule has 0 bridgehead atoms. The second-order valence-electron chi connectivity index (χ2n) is 3.24. The van der Waals surface area contributed by atoms with Crippen LogP contribution in [0.1, 0.15) is 0 Å². The van der Waals surface area contributed by atoms with Crippen LogP contribution in [0.4, 0.5) is 0 Å². The van der Waals surface area contributed by atoms with Gasteiger partial charge in [-0.25, -0.2) is 0 Å². The number of aromatic nitrogens is 2. The number of nitrogens with zero attached hydrogens (tertiary/aromatic N) is 2. The number of benzene rings is 1. The minimum Gasteiger partial charge on any atom is -0.253 e. The summed E-state index contributed by atoms with van der Waals surface area (Å²) in [7, 11) is 0. The Morgan fingerprint density at radius 2 is 1.93 bits per heavy atom. The fourth-order valence-electron chi connectivity index (χ4n) is 1.64. The number of para-hydroxylation sites is 1. The lowest BCUT2D eigenvalue weighted by Crippen LogP contribution is -1.85. The molecule has 0 spiro atoms. The standard InChI is InChI=1S/C12H8N2S/c1-2-10(9-4-7-15-8-9)12-11(3-1)13-5-6-14-12/h1-8H. The third-order valence-corrected chi connectivity index (χ3v) is 3.01. The van der Waals surface area contributed by atoms with Gasteiger partial charge in [-0.15, -0.1) is 0 Å². The SMILES string of the molecule is c1cc(-c2ccsc2)c2nccnc2c1. The summed E-state index contributed by atoms with van der Waals surface area (Å²) < 4.78 is 0. The Hall–Kier alpha value is -1.74. The Labute approximate surface area is 91.2 Å². The van der Waals surface area contributed by atoms with E-state index in [0.29, 0.717) is 0 Å². The van der Waals surface area contributed by atoms with E-state index in [1.54, 1.807) is 23.7 Å². The Morgan fingerprint density at radius 3 is 2.80 bits per heavy atom. The van der Waals surface area contributed by atoms with Crippen LogP contribution in [-0.4, -0.2) is 9.97 Å². The van der Waals surface area contributed by atoms with Gasteiger partial charge in [0, 0.05) is 18.0 Å². The molecule has 2 nitrogen and oxygen atoms in total. The van der Waals surface area contributed by atoms with Crippen LogP contribution in [0.3, 0.4) is 0 Å². The van der Waals surface area contributed by atoms with Crippen molar-refractivity contribution in [3.05, 3.63) is 47.4 Å². The van der Waals surface area contributed by atoms with Crippen LogP contribution >= 0.6 is 11.3 Å². The zero-order valence-electron chi connectivity index (χ0n) is 7.92. The largest absolute Gasteiger partial charge is 0.253 e. The van der Waals surface area contributed by atoms with Crippen molar-refractivity contribution in [3.8, 4) is 11.1 Å². The predicted octanol–water partition coefficient (Wildman–Crippen LogP) is 3.36. The van der Waals surface area contributed by atoms with Gasteiger partial charge in [-0.3, -0.25) is 9.97 Å². The highest BCUT2D eigenvalue weighted by Gasteiger charge is 2.04. The van der Waals surface area contributed by atoms with Gasteiger partial charge in [-0.1, -0.05) is 12.1 Å². The van der Waals surface area contributed by atoms with Crippen LogP contribution in [0.2, 0.25) is 0 Å². The molecule has 0 fully saturated rings. The molecule has 0 amide bonds. The average molecular weight is 212 g/mol. The van der Waals surface area contributed by atoms with Crippen LogP contribution in [0.5, 0.6) is 0 Å². The van der Waals surface area contributed by atoms with E-state index in [4.69, 9.17) is 0 Å². The molecular weight excluding hydrogens is 204 g/mol. The topological polar surface area (TPSA) is 25.8 Å². The third-order valence-electron chi connectivity index (χ3n) is 2.33. The molecule has 0 radical (unpaired) electrons. The Balaban J connectivity index is 2.36. The lowest BCUT2D eigenvalue weighted by atomic mass is 10.1. The second kappa shape index (κ2) is 3.44. The minimum absolute atomic E-state index is 0.946. The van der Waals surface area contributed by atoms with Crippen molar-refractivity contribution in [3.63, 3.8) is 0 Å². The normalized spacial score (nSPS) is 10.7. The first kappa shape index (κ1) is 8.56. The highest BCUT2D eigenvalue weighted by atomic mass is 32.1. The molecule has 0 unspecified atom stereocenters. The average Bonchev–Trinajstić information content (AvgIpc) is 2.82. The molecule has 0 aliphatic heterocycles. The van der Waals surface area contributed by atoms with Gasteiger partial charge in [0.1, 0.15) is 0 Å². The highest BCUT2D eigenvalue weighted by Crippen LogP contribution is 2.27. The molecule has 2 heterocycles. The maximum absolute atomic E-state index is 4.38. The van der Waals surface area contributed by atoms with Crippen molar-refractivity contribution in [1.29, 1.82) is 0 Å². The monoisotopic (exact) mass is 212 g/mol. The first-order chi connectivity index (χ1) is 7.45. The molecule has 0 aliphatic rings. The van der Waals surface area contributed by atoms with Gasteiger partial charge in [0.25, 0.3) is 0 Å². The maximum atomic E-state index is 4.38. The summed E-state index contributed by atoms with van der Waals surface area (Å²) >= 11 is 1.69. The molecule has 3 aromatic rings. The van der Waals surface area contributed by atoms with Gasteiger partial charge < -0.3 is 0 Å². The summed E-state index contributed by atoms with van der Waals surface area (Å²) in [5, 5.41) is 4.20. The molecule has 72 valence electrons. The zero-order valence-corrected chi connectivity index (χ0v) is 8.74. The van der Waals surface area contributed by atoms with Crippen LogP contribution in [0.15, 0.2) is 47.4 Å². The zero-order chi connectivity index (χ0) is 10.1. The van der Waals surface area contributed by atoms with Crippen molar-refractivity contribution in [1.82, 2.24) is 9.97 Å². The maximum Gasteiger partial charge on any atom is 0.0965 e. The number of hydrogen-bond donors (Lipinski definition) is 0. The van der Waals surface area contributed by atoms with E-state index in [1.165, 1.54) is 5.56 Å². The van der Waals surface area contributed by atoms with Crippen molar-refractivity contribution in [2.45, 2.75) is 0 Å². The van der Waals surface area contributed by atoms with E-state index in [9.17, 15) is 0 Å². The Kier molecular flexibility index (Phi) is 1.96. The molecule has 1 aromatic carbocycles. The first-order valence-electron chi connectivity index (χ1n) is 4.67. The highest BCUT2D eigenvalue weighted by molar-refractivity contribution is 7.08. The van der Waals surface area contributed by atoms with E-state index in [0.717, 1.165) is 16.6 Å². The van der Waals surface area contributed by atoms with Gasteiger partial charge in [-0.05, 0) is 28.5 Å². The van der Waals surface area contributed by atoms with Crippen molar-refractivity contribution in [2.75, 3.05) is 0 Å². The van der Waals surface area contributed by atoms with Gasteiger partial charge in [-0.2, -0.15) is 11.3 Å². The molecule has 3 heteroatoms. The number of hydrogen-bond acceptors (Lipinski definition) is 3. The fourth-order valence-corrected chi connectivity index (χ4v) is 2.30. The number of rotatable bonds is 1. The van der Waals surface area contributed by atoms with Crippen molar-refractivity contribution >= 4 is 22.4 Å². The van der Waals surface area contributed by atoms with Crippen LogP contribution in [0, 0.1) is 0 Å². The van der Waals surface area contributed by atoms with E-state index in [2.05, 4.69) is 32.9 Å². The summed E-state index contributed by atoms with van der Waals surface area (Å²) in [6, 6.07) is 8.19. The summed E-state index contributed by atoms with van der Waals surface area (Å²) in [6.07, 6.45) is 3.46. The molecule has 0 N–H and O–H groups in total. The minimum atomic E-state index is 0.946. The van der Waals surface area contributed by atoms with Gasteiger partial charge in [0.2, 0.25) is 0 Å². The molecule has 2 aromatic heterocycles. The molecule has 0 saturated heterocycles. The molecule has 15 heavy (non-hydrogen) atoms. The van der Waals surface area contributed by atoms with E-state index in [-0.39, 0.29) is 0 Å². The Bertz CT molecular complexity index is 582. The van der Waals surface area contributed by atoms with E-state index < -0.39 is 0 Å². The lowest BCUT2D eigenvalue weighted by molar-refractivity contribution is 1.29. The van der Waals surface area contributed by atoms with Gasteiger partial charge in [0.05, 0.1) is 11.0 Å². The van der Waals surface area contributed by atoms with Crippen molar-refractivity contribution in [2.24, 2.45) is 0 Å². The van der Waals surface area contributed by atoms with Crippen molar-refractivity contribution < 1.29 is 0 Å². The molecule has 0 atom stereocenters. The molecule has 0 aliphatic carbocycles. The van der Waals surface area contributed by atoms with Crippen LogP contribution < -0.4 is 0 Å². The number of thiophene rings is 1.